The van der Waals surface area contributed by atoms with E-state index >= 15 is 0 Å². The highest BCUT2D eigenvalue weighted by Gasteiger charge is 2.39. The topological polar surface area (TPSA) is 319 Å². The molecule has 4 N–H and O–H groups in total. The molecular weight excluding hydrogens is 1510 g/mol. The summed E-state index contributed by atoms with van der Waals surface area (Å²) in [4.78, 5) is 106. The minimum atomic E-state index is -0.560. The molecule has 4 saturated heterocycles. The first-order valence-electron chi connectivity index (χ1n) is 36.7. The van der Waals surface area contributed by atoms with Gasteiger partial charge in [0.2, 0.25) is 23.6 Å². The fourth-order valence-electron chi connectivity index (χ4n) is 14.3. The molecule has 4 aromatic heterocycles. The van der Waals surface area contributed by atoms with Crippen molar-refractivity contribution in [3.05, 3.63) is 191 Å². The molecule has 600 valence electrons. The third kappa shape index (κ3) is 18.1. The molecule has 16 rings (SSSR count). The van der Waals surface area contributed by atoms with E-state index in [1.54, 1.807) is 92.1 Å². The van der Waals surface area contributed by atoms with Crippen LogP contribution >= 0.6 is 0 Å². The van der Waals surface area contributed by atoms with Gasteiger partial charge in [-0.15, -0.1) is 24.3 Å². The molecule has 8 aromatic rings. The largest absolute Gasteiger partial charge is 0.442 e. The van der Waals surface area contributed by atoms with Crippen molar-refractivity contribution in [1.29, 1.82) is 0 Å². The zero-order valence-corrected chi connectivity index (χ0v) is 63.6. The van der Waals surface area contributed by atoms with Gasteiger partial charge in [-0.3, -0.25) is 48.1 Å². The Hall–Kier alpha value is -14.2. The fourth-order valence-corrected chi connectivity index (χ4v) is 14.3. The molecule has 0 unspecified atom stereocenters. The number of carbonyl (C=O) groups excluding carboxylic acids is 8. The maximum Gasteiger partial charge on any atom is 0.414 e. The molecule has 116 heavy (non-hydrogen) atoms. The molecule has 4 fully saturated rings. The average Bonchev–Trinajstić information content (AvgIpc) is 1.64. The highest BCUT2D eigenvalue weighted by Crippen LogP contribution is 2.39. The van der Waals surface area contributed by atoms with Crippen LogP contribution in [0, 0.1) is 48.0 Å². The Morgan fingerprint density at radius 1 is 0.457 bits per heavy atom. The predicted molar refractivity (Wildman–Crippen MR) is 417 cm³/mol. The van der Waals surface area contributed by atoms with Crippen LogP contribution in [0.5, 0.6) is 0 Å². The van der Waals surface area contributed by atoms with Gasteiger partial charge in [0.25, 0.3) is 0 Å². The Morgan fingerprint density at radius 3 is 1.16 bits per heavy atom. The second-order valence-electron chi connectivity index (χ2n) is 28.0. The van der Waals surface area contributed by atoms with Gasteiger partial charge in [0, 0.05) is 88.5 Å². The van der Waals surface area contributed by atoms with Gasteiger partial charge >= 0.3 is 24.4 Å². The summed E-state index contributed by atoms with van der Waals surface area (Å²) in [7, 11) is 0. The zero-order valence-electron chi connectivity index (χ0n) is 63.6. The second-order valence-corrected chi connectivity index (χ2v) is 28.0. The van der Waals surface area contributed by atoms with E-state index in [-0.39, 0.29) is 76.0 Å². The van der Waals surface area contributed by atoms with E-state index in [2.05, 4.69) is 78.1 Å². The monoisotopic (exact) mass is 1590 g/mol. The third-order valence-electron chi connectivity index (χ3n) is 19.7. The SMILES string of the molecule is C#CCn1cc2c(n1)CN(c1ccc(N3C[C@H](CNC(C)=O)OC3=O)cc1F)C2.C#CCn1ncc2c1CN(c1ccc(N3C[C@H](CNC(C)=O)OC3=O)cc1F)C2.C=C=Cn1cc2c(n1)CN(c1ccc(N3C[C@H](CNC(C)=O)OC3=O)cc1F)C2.C=C=Cn1ncc2c1CN(c1ccc(N3C[C@H](CNC(C)=O)OC3=O)cc1F)C2. The number of hydrogen-bond donors (Lipinski definition) is 4. The van der Waals surface area contributed by atoms with Gasteiger partial charge in [0.05, 0.1) is 172 Å². The van der Waals surface area contributed by atoms with Crippen LogP contribution in [-0.4, -0.2) is 164 Å². The lowest BCUT2D eigenvalue weighted by atomic mass is 10.2. The van der Waals surface area contributed by atoms with Gasteiger partial charge in [-0.05, 0) is 72.8 Å². The van der Waals surface area contributed by atoms with Crippen molar-refractivity contribution >= 4 is 106 Å². The number of benzene rings is 4. The summed E-state index contributed by atoms with van der Waals surface area (Å²) < 4.78 is 87.1. The van der Waals surface area contributed by atoms with Crippen LogP contribution in [0.4, 0.5) is 82.2 Å². The minimum Gasteiger partial charge on any atom is -0.442 e. The second kappa shape index (κ2) is 34.8. The van der Waals surface area contributed by atoms with Crippen LogP contribution in [-0.2, 0) is 104 Å². The van der Waals surface area contributed by atoms with Crippen molar-refractivity contribution in [3.8, 4) is 24.7 Å². The Kier molecular flexibility index (Phi) is 23.9. The lowest BCUT2D eigenvalue weighted by molar-refractivity contribution is -0.120. The smallest absolute Gasteiger partial charge is 0.414 e. The number of hydrogen-bond acceptors (Lipinski definition) is 20. The number of ether oxygens (including phenoxy) is 4. The number of nitrogens with zero attached hydrogens (tertiary/aromatic N) is 16. The number of fused-ring (bicyclic) bond motifs is 4. The first kappa shape index (κ1) is 79.8. The number of amides is 8. The Balaban J connectivity index is 0.000000135. The number of nitrogens with one attached hydrogen (secondary N) is 4. The average molecular weight is 1590 g/mol. The van der Waals surface area contributed by atoms with E-state index in [0.29, 0.717) is 111 Å². The number of carbonyl (C=O) groups is 8. The van der Waals surface area contributed by atoms with E-state index < -0.39 is 72.1 Å². The van der Waals surface area contributed by atoms with Crippen LogP contribution in [0.1, 0.15) is 72.7 Å². The van der Waals surface area contributed by atoms with Crippen molar-refractivity contribution in [1.82, 2.24) is 60.4 Å². The molecule has 36 heteroatoms. The highest BCUT2D eigenvalue weighted by atomic mass is 19.1. The molecule has 0 aliphatic carbocycles. The molecule has 8 aliphatic heterocycles. The Labute approximate surface area is 662 Å². The van der Waals surface area contributed by atoms with Crippen LogP contribution in [0.15, 0.2) is 122 Å². The van der Waals surface area contributed by atoms with Gasteiger partial charge in [-0.2, -0.15) is 20.4 Å². The molecule has 8 aliphatic rings. The van der Waals surface area contributed by atoms with E-state index in [1.165, 1.54) is 71.6 Å². The summed E-state index contributed by atoms with van der Waals surface area (Å²) in [6.45, 7) is 19.5. The van der Waals surface area contributed by atoms with E-state index in [0.717, 1.165) is 45.0 Å². The number of rotatable bonds is 20. The fraction of sp³-hybridized carbons (Fsp3) is 0.325. The van der Waals surface area contributed by atoms with Crippen molar-refractivity contribution in [3.63, 3.8) is 0 Å². The van der Waals surface area contributed by atoms with Crippen molar-refractivity contribution in [2.75, 3.05) is 91.6 Å². The molecule has 0 radical (unpaired) electrons. The summed E-state index contributed by atoms with van der Waals surface area (Å²) in [5.74, 6) is 2.59. The molecule has 4 atom stereocenters. The molecular formula is C80H80F4N20O12. The quantitative estimate of drug-likeness (QED) is 0.0245. The molecule has 32 nitrogen and oxygen atoms in total. The number of halogens is 4. The molecule has 0 bridgehead atoms. The number of aromatic nitrogens is 8. The summed E-state index contributed by atoms with van der Waals surface area (Å²) in [5, 5.41) is 27.8. The Bertz CT molecular complexity index is 5330. The highest BCUT2D eigenvalue weighted by molar-refractivity contribution is 5.93. The summed E-state index contributed by atoms with van der Waals surface area (Å²) >= 11 is 0. The third-order valence-corrected chi connectivity index (χ3v) is 19.7. The minimum absolute atomic E-state index is 0.200. The normalized spacial score (nSPS) is 17.8. The van der Waals surface area contributed by atoms with Gasteiger partial charge in [-0.25, -0.2) is 46.1 Å². The van der Waals surface area contributed by atoms with E-state index in [1.807, 2.05) is 32.0 Å². The molecule has 4 aromatic carbocycles. The Morgan fingerprint density at radius 2 is 0.802 bits per heavy atom. The van der Waals surface area contributed by atoms with Crippen LogP contribution in [0.25, 0.3) is 12.4 Å². The zero-order chi connectivity index (χ0) is 82.2. The predicted octanol–water partition coefficient (Wildman–Crippen LogP) is 7.79. The molecule has 0 spiro atoms. The van der Waals surface area contributed by atoms with Gasteiger partial charge < -0.3 is 59.8 Å². The summed E-state index contributed by atoms with van der Waals surface area (Å²) in [6.07, 6.45) is 17.1. The van der Waals surface area contributed by atoms with Crippen molar-refractivity contribution < 1.29 is 74.9 Å². The van der Waals surface area contributed by atoms with Crippen LogP contribution in [0.2, 0.25) is 0 Å². The first-order chi connectivity index (χ1) is 55.8. The molecule has 8 amide bonds. The number of anilines is 8. The van der Waals surface area contributed by atoms with Gasteiger partial charge in [0.15, 0.2) is 0 Å². The van der Waals surface area contributed by atoms with Crippen molar-refractivity contribution in [2.45, 2.75) is 118 Å². The lowest BCUT2D eigenvalue weighted by Gasteiger charge is -2.21. The van der Waals surface area contributed by atoms with Crippen LogP contribution < -0.4 is 60.5 Å². The van der Waals surface area contributed by atoms with Gasteiger partial charge in [0.1, 0.15) is 60.8 Å². The van der Waals surface area contributed by atoms with Crippen LogP contribution in [0.3, 0.4) is 0 Å². The number of cyclic esters (lactones) is 4. The van der Waals surface area contributed by atoms with E-state index in [9.17, 15) is 55.9 Å². The van der Waals surface area contributed by atoms with Gasteiger partial charge in [-0.1, -0.05) is 25.0 Å². The van der Waals surface area contributed by atoms with E-state index in [4.69, 9.17) is 31.8 Å². The molecule has 0 saturated carbocycles. The maximum absolute atomic E-state index is 14.9. The standard InChI is InChI=1S/4C20H20FN5O3/c2*1-3-6-25-10-14-9-24(12-18(14)23-25)19-5-4-15(7-17(19)21)26-11-16(29-20(26)28)8-22-13(2)27;2*1-3-6-26-19-12-24(10-14(19)8-23-26)18-5-4-15(7-17(18)21)25-11-16(29-20(25)28)9-22-13(2)27/h4-7,10,16H,1,8-9,11-12H2,2H3,(H,22,27);1,4-5,7,10,16H,6,8-9,11-12H2,2H3,(H,22,27);4-8,16H,1,9-12H2,2H3,(H,22,27);1,4-5,7-8,16H,6,9-12H2,2H3,(H,22,27)/t4*16-/m0000/s1. The number of terminal acetylenes is 2. The summed E-state index contributed by atoms with van der Waals surface area (Å²) in [6, 6.07) is 18.7. The maximum atomic E-state index is 14.9. The molecule has 12 heterocycles. The van der Waals surface area contributed by atoms with Crippen molar-refractivity contribution in [2.24, 2.45) is 0 Å². The first-order valence-corrected chi connectivity index (χ1v) is 36.7. The lowest BCUT2D eigenvalue weighted by Crippen LogP contribution is -2.33. The summed E-state index contributed by atoms with van der Waals surface area (Å²) in [5.41, 5.74) is 16.6.